The average molecular weight is 461 g/mol. The minimum absolute atomic E-state index is 0.0121. The van der Waals surface area contributed by atoms with Crippen molar-refractivity contribution in [1.29, 1.82) is 0 Å². The number of aromatic carboxylic acids is 2. The molecule has 2 N–H and O–H groups in total. The molecule has 0 aliphatic rings. The third kappa shape index (κ3) is 12.3. The Morgan fingerprint density at radius 3 is 1.42 bits per heavy atom. The highest BCUT2D eigenvalue weighted by Gasteiger charge is 2.22. The average Bonchev–Trinajstić information content (AvgIpc) is 2.79. The number of hydrogen-bond donors (Lipinski definition) is 2. The van der Waals surface area contributed by atoms with Crippen LogP contribution in [0.25, 0.3) is 0 Å². The third-order valence-electron chi connectivity index (χ3n) is 6.68. The number of benzene rings is 1. The summed E-state index contributed by atoms with van der Waals surface area (Å²) in [6, 6.07) is 3.35. The lowest BCUT2D eigenvalue weighted by atomic mass is 9.89. The third-order valence-corrected chi connectivity index (χ3v) is 6.68. The van der Waals surface area contributed by atoms with Gasteiger partial charge in [0.25, 0.3) is 0 Å². The second kappa shape index (κ2) is 18.6. The minimum Gasteiger partial charge on any atom is -0.478 e. The van der Waals surface area contributed by atoms with Gasteiger partial charge < -0.3 is 10.2 Å². The molecule has 0 atom stereocenters. The lowest BCUT2D eigenvalue weighted by Crippen LogP contribution is -2.14. The van der Waals surface area contributed by atoms with Crippen LogP contribution in [0.2, 0.25) is 0 Å². The summed E-state index contributed by atoms with van der Waals surface area (Å²) in [5.74, 6) is -2.27. The van der Waals surface area contributed by atoms with Gasteiger partial charge >= 0.3 is 11.9 Å². The molecule has 188 valence electrons. The van der Waals surface area contributed by atoms with Crippen molar-refractivity contribution in [3.63, 3.8) is 0 Å². The number of carboxylic acid groups (broad SMARTS) is 2. The van der Waals surface area contributed by atoms with Gasteiger partial charge in [-0.15, -0.1) is 0 Å². The summed E-state index contributed by atoms with van der Waals surface area (Å²) in [7, 11) is 0. The van der Waals surface area contributed by atoms with E-state index < -0.39 is 11.9 Å². The number of unbranched alkanes of at least 4 members (excludes halogenated alkanes) is 15. The summed E-state index contributed by atoms with van der Waals surface area (Å²) in [6.07, 6.45) is 22.3. The second-order valence-corrected chi connectivity index (χ2v) is 9.54. The molecule has 0 saturated heterocycles. The highest BCUT2D eigenvalue weighted by Crippen LogP contribution is 2.25. The van der Waals surface area contributed by atoms with Gasteiger partial charge in [0.1, 0.15) is 0 Å². The van der Waals surface area contributed by atoms with Crippen molar-refractivity contribution in [3.8, 4) is 0 Å². The van der Waals surface area contributed by atoms with Crippen LogP contribution in [0.15, 0.2) is 12.1 Å². The van der Waals surface area contributed by atoms with E-state index in [-0.39, 0.29) is 11.1 Å². The summed E-state index contributed by atoms with van der Waals surface area (Å²) in [6.45, 7) is 4.45. The molecular formula is C29H48O4. The van der Waals surface area contributed by atoms with Crippen LogP contribution in [-0.4, -0.2) is 22.2 Å². The summed E-state index contributed by atoms with van der Waals surface area (Å²) in [4.78, 5) is 23.6. The van der Waals surface area contributed by atoms with E-state index in [1.807, 2.05) is 6.07 Å². The molecule has 0 fully saturated rings. The normalized spacial score (nSPS) is 11.1. The fourth-order valence-corrected chi connectivity index (χ4v) is 4.70. The first-order valence-corrected chi connectivity index (χ1v) is 13.6. The second-order valence-electron chi connectivity index (χ2n) is 9.54. The molecule has 0 bridgehead atoms. The number of aryl methyl sites for hydroxylation is 1. The first-order chi connectivity index (χ1) is 16.0. The van der Waals surface area contributed by atoms with E-state index >= 15 is 0 Å². The molecule has 1 aromatic carbocycles. The van der Waals surface area contributed by atoms with Gasteiger partial charge in [0.05, 0.1) is 11.1 Å². The fourth-order valence-electron chi connectivity index (χ4n) is 4.70. The zero-order valence-corrected chi connectivity index (χ0v) is 21.3. The molecule has 0 heterocycles. The van der Waals surface area contributed by atoms with Gasteiger partial charge in [0.2, 0.25) is 0 Å². The maximum atomic E-state index is 12.0. The fraction of sp³-hybridized carbons (Fsp3) is 0.724. The predicted octanol–water partition coefficient (Wildman–Crippen LogP) is 8.84. The Labute approximate surface area is 202 Å². The zero-order chi connectivity index (χ0) is 24.3. The molecular weight excluding hydrogens is 412 g/mol. The van der Waals surface area contributed by atoms with Crippen LogP contribution in [0.3, 0.4) is 0 Å². The molecule has 1 aromatic rings. The lowest BCUT2D eigenvalue weighted by molar-refractivity contribution is 0.0650. The van der Waals surface area contributed by atoms with Crippen molar-refractivity contribution in [2.45, 2.75) is 136 Å². The topological polar surface area (TPSA) is 74.6 Å². The van der Waals surface area contributed by atoms with Crippen LogP contribution in [0.5, 0.6) is 0 Å². The Balaban J connectivity index is 2.59. The molecule has 0 spiro atoms. The van der Waals surface area contributed by atoms with Crippen LogP contribution in [0.4, 0.5) is 0 Å². The molecule has 0 aromatic heterocycles. The van der Waals surface area contributed by atoms with E-state index in [0.29, 0.717) is 6.42 Å². The van der Waals surface area contributed by atoms with Crippen molar-refractivity contribution in [3.05, 3.63) is 34.4 Å². The summed E-state index contributed by atoms with van der Waals surface area (Å²) < 4.78 is 0. The lowest BCUT2D eigenvalue weighted by Gasteiger charge is -2.15. The SMILES string of the molecule is CCCCCCCCCCCCCc1c(CCCCCCCC)ccc(C(=O)O)c1C(=O)O. The molecule has 33 heavy (non-hydrogen) atoms. The van der Waals surface area contributed by atoms with Gasteiger partial charge in [-0.05, 0) is 42.9 Å². The van der Waals surface area contributed by atoms with E-state index in [1.165, 1.54) is 89.5 Å². The van der Waals surface area contributed by atoms with E-state index in [9.17, 15) is 19.8 Å². The van der Waals surface area contributed by atoms with E-state index in [4.69, 9.17) is 0 Å². The molecule has 1 rings (SSSR count). The largest absolute Gasteiger partial charge is 0.478 e. The quantitative estimate of drug-likeness (QED) is 0.180. The van der Waals surface area contributed by atoms with Crippen LogP contribution < -0.4 is 0 Å². The van der Waals surface area contributed by atoms with E-state index in [1.54, 1.807) is 0 Å². The monoisotopic (exact) mass is 460 g/mol. The predicted molar refractivity (Wildman–Crippen MR) is 138 cm³/mol. The van der Waals surface area contributed by atoms with Crippen molar-refractivity contribution in [1.82, 2.24) is 0 Å². The van der Waals surface area contributed by atoms with Gasteiger partial charge in [0, 0.05) is 0 Å². The van der Waals surface area contributed by atoms with Crippen LogP contribution in [0.1, 0.15) is 155 Å². The molecule has 0 amide bonds. The Morgan fingerprint density at radius 1 is 0.576 bits per heavy atom. The minimum atomic E-state index is -1.15. The Hall–Kier alpha value is -1.84. The van der Waals surface area contributed by atoms with Crippen molar-refractivity contribution in [2.75, 3.05) is 0 Å². The van der Waals surface area contributed by atoms with Gasteiger partial charge in [0.15, 0.2) is 0 Å². The molecule has 0 radical (unpaired) electrons. The summed E-state index contributed by atoms with van der Waals surface area (Å²) >= 11 is 0. The molecule has 0 aliphatic heterocycles. The Bertz CT molecular complexity index is 680. The Morgan fingerprint density at radius 2 is 1.00 bits per heavy atom. The molecule has 0 saturated carbocycles. The number of carboxylic acids is 2. The summed E-state index contributed by atoms with van der Waals surface area (Å²) in [5, 5.41) is 19.3. The maximum Gasteiger partial charge on any atom is 0.336 e. The van der Waals surface area contributed by atoms with Gasteiger partial charge in [-0.25, -0.2) is 9.59 Å². The maximum absolute atomic E-state index is 12.0. The summed E-state index contributed by atoms with van der Waals surface area (Å²) in [5.41, 5.74) is 1.72. The Kier molecular flexibility index (Phi) is 16.4. The highest BCUT2D eigenvalue weighted by atomic mass is 16.4. The number of carbonyl (C=O) groups is 2. The smallest absolute Gasteiger partial charge is 0.336 e. The molecule has 4 nitrogen and oxygen atoms in total. The van der Waals surface area contributed by atoms with Gasteiger partial charge in [-0.2, -0.15) is 0 Å². The van der Waals surface area contributed by atoms with Crippen LogP contribution in [0, 0.1) is 0 Å². The van der Waals surface area contributed by atoms with E-state index in [0.717, 1.165) is 43.2 Å². The standard InChI is InChI=1S/C29H48O4/c1-3-5-7-9-11-12-13-14-15-17-19-21-25-24(20-18-16-10-8-6-4-2)22-23-26(28(30)31)27(25)29(32)33/h22-23H,3-21H2,1-2H3,(H,30,31)(H,32,33). The van der Waals surface area contributed by atoms with Crippen LogP contribution >= 0.6 is 0 Å². The van der Waals surface area contributed by atoms with Crippen molar-refractivity contribution >= 4 is 11.9 Å². The molecule has 0 unspecified atom stereocenters. The highest BCUT2D eigenvalue weighted by molar-refractivity contribution is 6.03. The van der Waals surface area contributed by atoms with Gasteiger partial charge in [-0.3, -0.25) is 0 Å². The first-order valence-electron chi connectivity index (χ1n) is 13.6. The molecule has 4 heteroatoms. The molecule has 0 aliphatic carbocycles. The van der Waals surface area contributed by atoms with Crippen LogP contribution in [-0.2, 0) is 12.8 Å². The van der Waals surface area contributed by atoms with Crippen molar-refractivity contribution < 1.29 is 19.8 Å². The zero-order valence-electron chi connectivity index (χ0n) is 21.3. The first kappa shape index (κ1) is 29.2. The van der Waals surface area contributed by atoms with Crippen molar-refractivity contribution in [2.24, 2.45) is 0 Å². The number of rotatable bonds is 21. The number of hydrogen-bond acceptors (Lipinski definition) is 2. The van der Waals surface area contributed by atoms with E-state index in [2.05, 4.69) is 13.8 Å². The van der Waals surface area contributed by atoms with Gasteiger partial charge in [-0.1, -0.05) is 116 Å².